The van der Waals surface area contributed by atoms with E-state index in [4.69, 9.17) is 9.15 Å². The highest BCUT2D eigenvalue weighted by Crippen LogP contribution is 2.65. The molecule has 0 radical (unpaired) electrons. The Bertz CT molecular complexity index is 1160. The lowest BCUT2D eigenvalue weighted by Gasteiger charge is -2.37. The number of imide groups is 1. The van der Waals surface area contributed by atoms with Crippen LogP contribution in [0.2, 0.25) is 0 Å². The number of hydrazone groups is 1. The SMILES string of the molecule is CCOC(=O)c1cccc(-c2ccc(/C=N\N3C(=O)[C@@H]4[C@@H]5C=C[C@H]([C@@H]6C[C@H]56)[C@@H]4C3=O)o2)c1. The molecule has 5 aliphatic rings. The zero-order valence-corrected chi connectivity index (χ0v) is 17.5. The molecule has 0 N–H and O–H groups in total. The van der Waals surface area contributed by atoms with Crippen LogP contribution >= 0.6 is 0 Å². The number of allylic oxidation sites excluding steroid dienone is 2. The minimum absolute atomic E-state index is 0.175. The van der Waals surface area contributed by atoms with Crippen molar-refractivity contribution in [3.8, 4) is 11.3 Å². The monoisotopic (exact) mass is 430 g/mol. The lowest BCUT2D eigenvalue weighted by molar-refractivity contribution is -0.140. The third-order valence-corrected chi connectivity index (χ3v) is 7.22. The van der Waals surface area contributed by atoms with Crippen LogP contribution in [-0.2, 0) is 14.3 Å². The first-order chi connectivity index (χ1) is 15.6. The van der Waals surface area contributed by atoms with Gasteiger partial charge in [0, 0.05) is 5.56 Å². The fraction of sp³-hybridized carbons (Fsp3) is 0.360. The van der Waals surface area contributed by atoms with Crippen molar-refractivity contribution in [2.75, 3.05) is 6.61 Å². The van der Waals surface area contributed by atoms with Gasteiger partial charge in [-0.15, -0.1) is 0 Å². The van der Waals surface area contributed by atoms with Gasteiger partial charge < -0.3 is 9.15 Å². The second kappa shape index (κ2) is 7.02. The van der Waals surface area contributed by atoms with E-state index in [9.17, 15) is 14.4 Å². The average molecular weight is 430 g/mol. The van der Waals surface area contributed by atoms with Crippen LogP contribution in [0, 0.1) is 35.5 Å². The smallest absolute Gasteiger partial charge is 0.338 e. The van der Waals surface area contributed by atoms with E-state index in [1.54, 1.807) is 37.3 Å². The Kier molecular flexibility index (Phi) is 4.22. The maximum absolute atomic E-state index is 13.0. The highest BCUT2D eigenvalue weighted by atomic mass is 16.5. The molecule has 2 saturated carbocycles. The minimum Gasteiger partial charge on any atom is -0.462 e. The van der Waals surface area contributed by atoms with Gasteiger partial charge in [-0.05, 0) is 61.3 Å². The number of carbonyl (C=O) groups is 3. The molecule has 32 heavy (non-hydrogen) atoms. The molecule has 2 aromatic rings. The van der Waals surface area contributed by atoms with Crippen LogP contribution in [0.25, 0.3) is 11.3 Å². The van der Waals surface area contributed by atoms with E-state index in [0.29, 0.717) is 35.5 Å². The van der Waals surface area contributed by atoms with E-state index >= 15 is 0 Å². The second-order valence-electron chi connectivity index (χ2n) is 8.89. The summed E-state index contributed by atoms with van der Waals surface area (Å²) >= 11 is 0. The molecule has 7 heteroatoms. The predicted molar refractivity (Wildman–Crippen MR) is 114 cm³/mol. The summed E-state index contributed by atoms with van der Waals surface area (Å²) in [4.78, 5) is 38.0. The average Bonchev–Trinajstić information content (AvgIpc) is 3.44. The molecule has 7 rings (SSSR count). The lowest BCUT2D eigenvalue weighted by Crippen LogP contribution is -2.40. The Morgan fingerprint density at radius 3 is 2.53 bits per heavy atom. The molecule has 3 fully saturated rings. The van der Waals surface area contributed by atoms with Crippen molar-refractivity contribution in [1.82, 2.24) is 5.01 Å². The van der Waals surface area contributed by atoms with E-state index in [2.05, 4.69) is 17.3 Å². The number of ether oxygens (including phenoxy) is 1. The maximum Gasteiger partial charge on any atom is 0.338 e. The Labute approximate surface area is 184 Å². The first kappa shape index (κ1) is 19.2. The third kappa shape index (κ3) is 2.80. The van der Waals surface area contributed by atoms with E-state index in [1.807, 2.05) is 6.07 Å². The van der Waals surface area contributed by atoms with Crippen molar-refractivity contribution in [3.63, 3.8) is 0 Å². The summed E-state index contributed by atoms with van der Waals surface area (Å²) in [5, 5.41) is 5.25. The number of rotatable bonds is 5. The van der Waals surface area contributed by atoms with Crippen molar-refractivity contribution in [2.24, 2.45) is 40.6 Å². The van der Waals surface area contributed by atoms with Crippen molar-refractivity contribution >= 4 is 24.0 Å². The Balaban J connectivity index is 1.21. The van der Waals surface area contributed by atoms with Crippen LogP contribution in [-0.4, -0.2) is 35.6 Å². The zero-order chi connectivity index (χ0) is 22.0. The first-order valence-electron chi connectivity index (χ1n) is 11.0. The highest BCUT2D eigenvalue weighted by Gasteiger charge is 2.67. The minimum atomic E-state index is -0.392. The number of furan rings is 1. The molecular formula is C25H22N2O5. The number of carbonyl (C=O) groups excluding carboxylic acids is 3. The molecule has 0 spiro atoms. The summed E-state index contributed by atoms with van der Waals surface area (Å²) in [5.41, 5.74) is 1.16. The molecule has 162 valence electrons. The van der Waals surface area contributed by atoms with Gasteiger partial charge in [0.15, 0.2) is 0 Å². The van der Waals surface area contributed by atoms with Crippen LogP contribution in [0.1, 0.15) is 29.5 Å². The second-order valence-corrected chi connectivity index (χ2v) is 8.89. The van der Waals surface area contributed by atoms with Gasteiger partial charge in [0.05, 0.1) is 30.2 Å². The Hall–Kier alpha value is -3.48. The van der Waals surface area contributed by atoms with E-state index < -0.39 is 5.97 Å². The fourth-order valence-electron chi connectivity index (χ4n) is 5.76. The summed E-state index contributed by atoms with van der Waals surface area (Å²) in [5.74, 6) is 1.11. The first-order valence-corrected chi connectivity index (χ1v) is 11.0. The van der Waals surface area contributed by atoms with Gasteiger partial charge in [-0.2, -0.15) is 10.1 Å². The zero-order valence-electron chi connectivity index (χ0n) is 17.5. The number of benzene rings is 1. The van der Waals surface area contributed by atoms with Gasteiger partial charge in [-0.3, -0.25) is 9.59 Å². The van der Waals surface area contributed by atoms with Gasteiger partial charge in [0.25, 0.3) is 11.8 Å². The van der Waals surface area contributed by atoms with Crippen LogP contribution in [0.5, 0.6) is 0 Å². The van der Waals surface area contributed by atoms with E-state index in [1.165, 1.54) is 6.21 Å². The van der Waals surface area contributed by atoms with Crippen molar-refractivity contribution in [1.29, 1.82) is 0 Å². The van der Waals surface area contributed by atoms with Crippen LogP contribution in [0.3, 0.4) is 0 Å². The highest BCUT2D eigenvalue weighted by molar-refractivity contribution is 6.06. The lowest BCUT2D eigenvalue weighted by atomic mass is 9.63. The molecule has 1 saturated heterocycles. The van der Waals surface area contributed by atoms with Gasteiger partial charge >= 0.3 is 5.97 Å². The molecule has 2 amide bonds. The van der Waals surface area contributed by atoms with Gasteiger partial charge in [-0.1, -0.05) is 24.3 Å². The van der Waals surface area contributed by atoms with Crippen molar-refractivity contribution < 1.29 is 23.5 Å². The molecule has 2 heterocycles. The van der Waals surface area contributed by atoms with Gasteiger partial charge in [0.2, 0.25) is 0 Å². The largest absolute Gasteiger partial charge is 0.462 e. The fourth-order valence-corrected chi connectivity index (χ4v) is 5.76. The van der Waals surface area contributed by atoms with E-state index in [-0.39, 0.29) is 35.5 Å². The summed E-state index contributed by atoms with van der Waals surface area (Å²) in [6.45, 7) is 2.06. The standard InChI is InChI=1S/C25H22N2O5/c1-2-31-25(30)14-5-3-4-13(10-14)20-9-6-15(32-20)12-26-27-23(28)21-16-7-8-17(19-11-18(16)19)22(21)24(27)29/h3-10,12,16-19,21-22H,2,11H2,1H3/b26-12-/t16-,17-,18-,19+,21-,22+/m1/s1. The quantitative estimate of drug-likeness (QED) is 0.313. The number of esters is 1. The van der Waals surface area contributed by atoms with Crippen LogP contribution < -0.4 is 0 Å². The summed E-state index contributed by atoms with van der Waals surface area (Å²) in [6, 6.07) is 10.4. The number of hydrogen-bond acceptors (Lipinski definition) is 6. The molecule has 0 unspecified atom stereocenters. The molecule has 1 aliphatic heterocycles. The number of hydrogen-bond donors (Lipinski definition) is 0. The summed E-state index contributed by atoms with van der Waals surface area (Å²) < 4.78 is 10.9. The molecule has 4 aliphatic carbocycles. The Morgan fingerprint density at radius 1 is 1.12 bits per heavy atom. The van der Waals surface area contributed by atoms with Crippen LogP contribution in [0.15, 0.2) is 58.1 Å². The van der Waals surface area contributed by atoms with Crippen molar-refractivity contribution in [3.05, 3.63) is 59.9 Å². The van der Waals surface area contributed by atoms with Gasteiger partial charge in [0.1, 0.15) is 11.5 Å². The van der Waals surface area contributed by atoms with E-state index in [0.717, 1.165) is 17.0 Å². The maximum atomic E-state index is 13.0. The topological polar surface area (TPSA) is 89.2 Å². The molecule has 7 nitrogen and oxygen atoms in total. The third-order valence-electron chi connectivity index (χ3n) is 7.22. The summed E-state index contributed by atoms with van der Waals surface area (Å²) in [7, 11) is 0. The molecule has 1 aromatic carbocycles. The van der Waals surface area contributed by atoms with Gasteiger partial charge in [-0.25, -0.2) is 4.79 Å². The van der Waals surface area contributed by atoms with Crippen LogP contribution in [0.4, 0.5) is 0 Å². The number of nitrogens with zero attached hydrogens (tertiary/aromatic N) is 2. The normalized spacial score (nSPS) is 31.8. The molecule has 2 bridgehead atoms. The number of amides is 2. The summed E-state index contributed by atoms with van der Waals surface area (Å²) in [6.07, 6.45) is 6.82. The van der Waals surface area contributed by atoms with Crippen molar-refractivity contribution in [2.45, 2.75) is 13.3 Å². The molecule has 1 aromatic heterocycles. The molecular weight excluding hydrogens is 408 g/mol. The molecule has 6 atom stereocenters. The Morgan fingerprint density at radius 2 is 1.84 bits per heavy atom. The predicted octanol–water partition coefficient (Wildman–Crippen LogP) is 3.51.